The van der Waals surface area contributed by atoms with Gasteiger partial charge in [-0.1, -0.05) is 34.1 Å². The zero-order valence-electron chi connectivity index (χ0n) is 9.31. The zero-order chi connectivity index (χ0) is 11.8. The molecule has 4 heteroatoms. The normalized spacial score (nSPS) is 19.1. The number of nitrogens with zero attached hydrogens (tertiary/aromatic N) is 2. The predicted molar refractivity (Wildman–Crippen MR) is 69.6 cm³/mol. The maximum atomic E-state index is 10.1. The Labute approximate surface area is 108 Å². The first kappa shape index (κ1) is 11.0. The van der Waals surface area contributed by atoms with E-state index >= 15 is 0 Å². The van der Waals surface area contributed by atoms with E-state index in [1.165, 1.54) is 0 Å². The largest absolute Gasteiger partial charge is 0.373 e. The highest BCUT2D eigenvalue weighted by atomic mass is 79.9. The van der Waals surface area contributed by atoms with Crippen LogP contribution in [0.1, 0.15) is 24.8 Å². The van der Waals surface area contributed by atoms with Gasteiger partial charge in [-0.15, -0.1) is 0 Å². The topological polar surface area (TPSA) is 38.1 Å². The Morgan fingerprint density at radius 2 is 2.18 bits per heavy atom. The number of aryl methyl sites for hydroxylation is 1. The van der Waals surface area contributed by atoms with Crippen LogP contribution in [-0.2, 0) is 6.42 Å². The highest BCUT2D eigenvalue weighted by molar-refractivity contribution is 9.10. The maximum absolute atomic E-state index is 10.1. The van der Waals surface area contributed by atoms with Crippen LogP contribution in [0.4, 0.5) is 0 Å². The second-order valence-corrected chi connectivity index (χ2v) is 5.15. The lowest BCUT2D eigenvalue weighted by molar-refractivity contribution is 0.0807. The van der Waals surface area contributed by atoms with Crippen molar-refractivity contribution in [2.45, 2.75) is 25.5 Å². The molecule has 0 saturated heterocycles. The van der Waals surface area contributed by atoms with Gasteiger partial charge in [-0.3, -0.25) is 0 Å². The summed E-state index contributed by atoms with van der Waals surface area (Å²) in [5.74, 6) is 0.847. The van der Waals surface area contributed by atoms with E-state index in [-0.39, 0.29) is 0 Å². The van der Waals surface area contributed by atoms with E-state index in [9.17, 15) is 5.11 Å². The maximum Gasteiger partial charge on any atom is 0.143 e. The van der Waals surface area contributed by atoms with E-state index in [0.29, 0.717) is 0 Å². The van der Waals surface area contributed by atoms with Crippen molar-refractivity contribution in [1.29, 1.82) is 0 Å². The molecule has 1 N–H and O–H groups in total. The summed E-state index contributed by atoms with van der Waals surface area (Å²) >= 11 is 3.53. The van der Waals surface area contributed by atoms with Gasteiger partial charge in [0.1, 0.15) is 12.1 Å². The fourth-order valence-electron chi connectivity index (χ4n) is 2.35. The molecule has 88 valence electrons. The summed E-state index contributed by atoms with van der Waals surface area (Å²) in [6, 6.07) is 7.97. The van der Waals surface area contributed by atoms with Crippen molar-refractivity contribution in [1.82, 2.24) is 9.55 Å². The number of aliphatic hydroxyl groups is 1. The van der Waals surface area contributed by atoms with Gasteiger partial charge in [-0.05, 0) is 25.3 Å². The zero-order valence-corrected chi connectivity index (χ0v) is 10.9. The summed E-state index contributed by atoms with van der Waals surface area (Å²) in [7, 11) is 0. The first-order chi connectivity index (χ1) is 8.27. The van der Waals surface area contributed by atoms with Crippen LogP contribution in [-0.4, -0.2) is 14.7 Å². The molecule has 0 radical (unpaired) electrons. The molecular weight excluding hydrogens is 280 g/mol. The molecule has 3 rings (SSSR count). The lowest BCUT2D eigenvalue weighted by atomic mass is 10.1. The van der Waals surface area contributed by atoms with Crippen molar-refractivity contribution >= 4 is 15.9 Å². The van der Waals surface area contributed by atoms with Gasteiger partial charge in [0, 0.05) is 21.9 Å². The standard InChI is InChI=1S/C13H13BrN2O/c14-11-6-2-1-5-10(11)13-15-8-9-4-3-7-12(17)16(9)13/h1-2,5-6,8,12,17H,3-4,7H2. The minimum atomic E-state index is -0.441. The van der Waals surface area contributed by atoms with Crippen LogP contribution in [0.3, 0.4) is 0 Å². The van der Waals surface area contributed by atoms with Gasteiger partial charge < -0.3 is 9.67 Å². The molecule has 0 aliphatic carbocycles. The summed E-state index contributed by atoms with van der Waals surface area (Å²) in [5, 5.41) is 10.1. The first-order valence-corrected chi connectivity index (χ1v) is 6.56. The molecule has 2 aromatic rings. The monoisotopic (exact) mass is 292 g/mol. The van der Waals surface area contributed by atoms with Crippen molar-refractivity contribution < 1.29 is 5.11 Å². The van der Waals surface area contributed by atoms with Gasteiger partial charge in [0.25, 0.3) is 0 Å². The van der Waals surface area contributed by atoms with Crippen LogP contribution in [0, 0.1) is 0 Å². The van der Waals surface area contributed by atoms with Gasteiger partial charge >= 0.3 is 0 Å². The SMILES string of the molecule is OC1CCCc2cnc(-c3ccccc3Br)n21. The van der Waals surface area contributed by atoms with Gasteiger partial charge in [0.15, 0.2) is 0 Å². The number of imidazole rings is 1. The summed E-state index contributed by atoms with van der Waals surface area (Å²) in [5.41, 5.74) is 2.15. The van der Waals surface area contributed by atoms with E-state index in [2.05, 4.69) is 20.9 Å². The number of fused-ring (bicyclic) bond motifs is 1. The summed E-state index contributed by atoms with van der Waals surface area (Å²) in [6.07, 6.45) is 4.26. The average Bonchev–Trinajstić information content (AvgIpc) is 2.75. The molecular formula is C13H13BrN2O. The Morgan fingerprint density at radius 3 is 3.00 bits per heavy atom. The molecule has 1 atom stereocenters. The quantitative estimate of drug-likeness (QED) is 0.877. The van der Waals surface area contributed by atoms with Crippen LogP contribution >= 0.6 is 15.9 Å². The molecule has 0 bridgehead atoms. The summed E-state index contributed by atoms with van der Waals surface area (Å²) in [6.45, 7) is 0. The first-order valence-electron chi connectivity index (χ1n) is 5.76. The average molecular weight is 293 g/mol. The molecule has 2 heterocycles. The van der Waals surface area contributed by atoms with Gasteiger partial charge in [-0.25, -0.2) is 4.98 Å². The number of benzene rings is 1. The van der Waals surface area contributed by atoms with Crippen molar-refractivity contribution in [3.8, 4) is 11.4 Å². The molecule has 1 aliphatic rings. The van der Waals surface area contributed by atoms with E-state index in [1.807, 2.05) is 35.0 Å². The highest BCUT2D eigenvalue weighted by Crippen LogP contribution is 2.33. The van der Waals surface area contributed by atoms with Crippen LogP contribution < -0.4 is 0 Å². The minimum Gasteiger partial charge on any atom is -0.373 e. The number of rotatable bonds is 1. The molecule has 0 saturated carbocycles. The van der Waals surface area contributed by atoms with E-state index in [4.69, 9.17) is 0 Å². The molecule has 1 aromatic carbocycles. The third-order valence-electron chi connectivity index (χ3n) is 3.18. The lowest BCUT2D eigenvalue weighted by Crippen LogP contribution is -2.17. The van der Waals surface area contributed by atoms with E-state index in [0.717, 1.165) is 40.8 Å². The summed E-state index contributed by atoms with van der Waals surface area (Å²) in [4.78, 5) is 4.45. The van der Waals surface area contributed by atoms with Crippen molar-refractivity contribution in [3.63, 3.8) is 0 Å². The highest BCUT2D eigenvalue weighted by Gasteiger charge is 2.22. The molecule has 1 unspecified atom stereocenters. The van der Waals surface area contributed by atoms with E-state index < -0.39 is 6.23 Å². The lowest BCUT2D eigenvalue weighted by Gasteiger charge is -2.23. The van der Waals surface area contributed by atoms with Crippen LogP contribution in [0.2, 0.25) is 0 Å². The predicted octanol–water partition coefficient (Wildman–Crippen LogP) is 3.14. The van der Waals surface area contributed by atoms with Crippen molar-refractivity contribution in [3.05, 3.63) is 40.6 Å². The summed E-state index contributed by atoms with van der Waals surface area (Å²) < 4.78 is 2.95. The Balaban J connectivity index is 2.17. The van der Waals surface area contributed by atoms with Crippen LogP contribution in [0.15, 0.2) is 34.9 Å². The molecule has 1 aliphatic heterocycles. The molecule has 3 nitrogen and oxygen atoms in total. The molecule has 0 spiro atoms. The molecule has 0 amide bonds. The van der Waals surface area contributed by atoms with Gasteiger partial charge in [-0.2, -0.15) is 0 Å². The second-order valence-electron chi connectivity index (χ2n) is 4.30. The van der Waals surface area contributed by atoms with E-state index in [1.54, 1.807) is 0 Å². The van der Waals surface area contributed by atoms with Crippen LogP contribution in [0.25, 0.3) is 11.4 Å². The molecule has 17 heavy (non-hydrogen) atoms. The second kappa shape index (κ2) is 4.27. The third kappa shape index (κ3) is 1.81. The third-order valence-corrected chi connectivity index (χ3v) is 3.87. The number of aromatic nitrogens is 2. The fraction of sp³-hybridized carbons (Fsp3) is 0.308. The fourth-order valence-corrected chi connectivity index (χ4v) is 2.81. The van der Waals surface area contributed by atoms with Gasteiger partial charge in [0.2, 0.25) is 0 Å². The van der Waals surface area contributed by atoms with Gasteiger partial charge in [0.05, 0.1) is 0 Å². The number of aliphatic hydroxyl groups excluding tert-OH is 1. The smallest absolute Gasteiger partial charge is 0.143 e. The van der Waals surface area contributed by atoms with Crippen molar-refractivity contribution in [2.24, 2.45) is 0 Å². The number of hydrogen-bond donors (Lipinski definition) is 1. The molecule has 1 aromatic heterocycles. The molecule has 0 fully saturated rings. The number of halogens is 1. The Bertz CT molecular complexity index is 550. The number of hydrogen-bond acceptors (Lipinski definition) is 2. The van der Waals surface area contributed by atoms with Crippen LogP contribution in [0.5, 0.6) is 0 Å². The minimum absolute atomic E-state index is 0.441. The Hall–Kier alpha value is -1.13. The van der Waals surface area contributed by atoms with Crippen molar-refractivity contribution in [2.75, 3.05) is 0 Å². The Kier molecular flexibility index (Phi) is 2.76. The Morgan fingerprint density at radius 1 is 1.35 bits per heavy atom.